The van der Waals surface area contributed by atoms with E-state index >= 15 is 0 Å². The zero-order valence-corrected chi connectivity index (χ0v) is 8.11. The highest BCUT2D eigenvalue weighted by Crippen LogP contribution is 2.10. The molecule has 2 heteroatoms. The van der Waals surface area contributed by atoms with Crippen LogP contribution in [0.2, 0.25) is 0 Å². The van der Waals surface area contributed by atoms with Gasteiger partial charge in [-0.2, -0.15) is 0 Å². The summed E-state index contributed by atoms with van der Waals surface area (Å²) in [5.74, 6) is 6.30. The van der Waals surface area contributed by atoms with Gasteiger partial charge in [0.1, 0.15) is 6.10 Å². The molecule has 0 radical (unpaired) electrons. The van der Waals surface area contributed by atoms with Crippen molar-refractivity contribution in [2.24, 2.45) is 5.41 Å². The van der Waals surface area contributed by atoms with E-state index < -0.39 is 0 Å². The fourth-order valence-corrected chi connectivity index (χ4v) is 0.955. The zero-order valence-electron chi connectivity index (χ0n) is 8.11. The minimum absolute atomic E-state index is 0.0841. The molecular weight excluding hydrogens is 150 g/mol. The van der Waals surface area contributed by atoms with E-state index in [-0.39, 0.29) is 11.5 Å². The summed E-state index contributed by atoms with van der Waals surface area (Å²) in [5, 5.41) is 3.24. The van der Waals surface area contributed by atoms with E-state index in [1.165, 1.54) is 0 Å². The smallest absolute Gasteiger partial charge is 0.130 e. The Morgan fingerprint density at radius 3 is 2.67 bits per heavy atom. The molecule has 1 N–H and O–H groups in total. The van der Waals surface area contributed by atoms with Crippen LogP contribution in [0, 0.1) is 17.3 Å². The quantitative estimate of drug-likeness (QED) is 0.544. The molecule has 1 saturated heterocycles. The van der Waals surface area contributed by atoms with Crippen molar-refractivity contribution >= 4 is 0 Å². The van der Waals surface area contributed by atoms with Crippen LogP contribution in [-0.2, 0) is 4.74 Å². The maximum atomic E-state index is 5.44. The minimum Gasteiger partial charge on any atom is -0.363 e. The van der Waals surface area contributed by atoms with Crippen LogP contribution in [-0.4, -0.2) is 25.8 Å². The van der Waals surface area contributed by atoms with Gasteiger partial charge in [0.2, 0.25) is 0 Å². The number of hydrogen-bond donors (Lipinski definition) is 1. The summed E-state index contributed by atoms with van der Waals surface area (Å²) < 4.78 is 5.44. The fourth-order valence-electron chi connectivity index (χ4n) is 0.955. The van der Waals surface area contributed by atoms with Crippen molar-refractivity contribution in [3.63, 3.8) is 0 Å². The second-order valence-electron chi connectivity index (χ2n) is 4.08. The normalized spacial score (nSPS) is 24.4. The molecule has 0 amide bonds. The molecule has 1 heterocycles. The molecule has 0 aromatic heterocycles. The maximum absolute atomic E-state index is 5.44. The molecule has 0 spiro atoms. The van der Waals surface area contributed by atoms with Crippen LogP contribution in [0.25, 0.3) is 0 Å². The van der Waals surface area contributed by atoms with Crippen LogP contribution in [0.4, 0.5) is 0 Å². The Morgan fingerprint density at radius 2 is 2.17 bits per heavy atom. The summed E-state index contributed by atoms with van der Waals surface area (Å²) in [5.41, 5.74) is 0.0841. The molecule has 0 bridgehead atoms. The molecular formula is C10H17NO. The Kier molecular flexibility index (Phi) is 3.13. The lowest BCUT2D eigenvalue weighted by Gasteiger charge is -2.19. The van der Waals surface area contributed by atoms with E-state index in [4.69, 9.17) is 4.74 Å². The van der Waals surface area contributed by atoms with Gasteiger partial charge in [0.05, 0.1) is 6.61 Å². The van der Waals surface area contributed by atoms with Crippen molar-refractivity contribution in [1.82, 2.24) is 5.32 Å². The predicted octanol–water partition coefficient (Wildman–Crippen LogP) is 1.02. The lowest BCUT2D eigenvalue weighted by Crippen LogP contribution is -2.37. The van der Waals surface area contributed by atoms with Crippen molar-refractivity contribution in [3.8, 4) is 11.8 Å². The summed E-state index contributed by atoms with van der Waals surface area (Å²) in [6.45, 7) is 8.92. The van der Waals surface area contributed by atoms with Gasteiger partial charge in [-0.25, -0.2) is 0 Å². The average molecular weight is 167 g/mol. The Morgan fingerprint density at radius 1 is 1.42 bits per heavy atom. The Hall–Kier alpha value is -0.520. The standard InChI is InChI=1S/C10H17NO/c1-10(2,3)5-4-9-8-11-6-7-12-9/h9,11H,6-8H2,1-3H3. The van der Waals surface area contributed by atoms with Crippen LogP contribution in [0.3, 0.4) is 0 Å². The first-order valence-corrected chi connectivity index (χ1v) is 4.43. The number of rotatable bonds is 0. The first-order chi connectivity index (χ1) is 5.58. The first-order valence-electron chi connectivity index (χ1n) is 4.43. The molecule has 0 aromatic rings. The first kappa shape index (κ1) is 9.57. The fraction of sp³-hybridized carbons (Fsp3) is 0.800. The van der Waals surface area contributed by atoms with Crippen molar-refractivity contribution in [2.45, 2.75) is 26.9 Å². The number of nitrogens with one attached hydrogen (secondary N) is 1. The monoisotopic (exact) mass is 167 g/mol. The van der Waals surface area contributed by atoms with E-state index in [9.17, 15) is 0 Å². The largest absolute Gasteiger partial charge is 0.363 e. The molecule has 1 rings (SSSR count). The number of morpholine rings is 1. The van der Waals surface area contributed by atoms with E-state index in [1.54, 1.807) is 0 Å². The predicted molar refractivity (Wildman–Crippen MR) is 49.8 cm³/mol. The van der Waals surface area contributed by atoms with E-state index in [0.717, 1.165) is 19.7 Å². The highest BCUT2D eigenvalue weighted by atomic mass is 16.5. The Labute approximate surface area is 74.7 Å². The third-order valence-corrected chi connectivity index (χ3v) is 1.54. The second-order valence-corrected chi connectivity index (χ2v) is 4.08. The minimum atomic E-state index is 0.0841. The van der Waals surface area contributed by atoms with Gasteiger partial charge in [0, 0.05) is 18.5 Å². The SMILES string of the molecule is CC(C)(C)C#CC1CNCCO1. The highest BCUT2D eigenvalue weighted by Gasteiger charge is 2.11. The van der Waals surface area contributed by atoms with E-state index in [2.05, 4.69) is 37.9 Å². The third kappa shape index (κ3) is 3.75. The summed E-state index contributed by atoms with van der Waals surface area (Å²) >= 11 is 0. The summed E-state index contributed by atoms with van der Waals surface area (Å²) in [7, 11) is 0. The summed E-state index contributed by atoms with van der Waals surface area (Å²) in [6.07, 6.45) is 0.0953. The molecule has 12 heavy (non-hydrogen) atoms. The Balaban J connectivity index is 2.41. The van der Waals surface area contributed by atoms with Crippen molar-refractivity contribution in [3.05, 3.63) is 0 Å². The average Bonchev–Trinajstić information content (AvgIpc) is 2.02. The second kappa shape index (κ2) is 3.93. The highest BCUT2D eigenvalue weighted by molar-refractivity contribution is 5.12. The van der Waals surface area contributed by atoms with Gasteiger partial charge >= 0.3 is 0 Å². The van der Waals surface area contributed by atoms with Crippen LogP contribution >= 0.6 is 0 Å². The summed E-state index contributed by atoms with van der Waals surface area (Å²) in [6, 6.07) is 0. The molecule has 0 aromatic carbocycles. The lowest BCUT2D eigenvalue weighted by molar-refractivity contribution is 0.0649. The molecule has 1 aliphatic rings. The maximum Gasteiger partial charge on any atom is 0.130 e. The number of ether oxygens (including phenoxy) is 1. The molecule has 0 aliphatic carbocycles. The van der Waals surface area contributed by atoms with Crippen molar-refractivity contribution in [2.75, 3.05) is 19.7 Å². The third-order valence-electron chi connectivity index (χ3n) is 1.54. The van der Waals surface area contributed by atoms with Gasteiger partial charge in [-0.15, -0.1) is 0 Å². The zero-order chi connectivity index (χ0) is 9.03. The molecule has 1 unspecified atom stereocenters. The topological polar surface area (TPSA) is 21.3 Å². The van der Waals surface area contributed by atoms with Gasteiger partial charge < -0.3 is 10.1 Å². The molecule has 2 nitrogen and oxygen atoms in total. The van der Waals surface area contributed by atoms with Crippen molar-refractivity contribution < 1.29 is 4.74 Å². The van der Waals surface area contributed by atoms with Crippen LogP contribution in [0.1, 0.15) is 20.8 Å². The molecule has 1 fully saturated rings. The lowest BCUT2D eigenvalue weighted by atomic mass is 9.97. The van der Waals surface area contributed by atoms with E-state index in [0.29, 0.717) is 0 Å². The molecule has 1 aliphatic heterocycles. The van der Waals surface area contributed by atoms with Gasteiger partial charge in [-0.05, 0) is 20.8 Å². The summed E-state index contributed by atoms with van der Waals surface area (Å²) in [4.78, 5) is 0. The van der Waals surface area contributed by atoms with Gasteiger partial charge in [0.25, 0.3) is 0 Å². The van der Waals surface area contributed by atoms with Crippen LogP contribution in [0.15, 0.2) is 0 Å². The van der Waals surface area contributed by atoms with E-state index in [1.807, 2.05) is 0 Å². The van der Waals surface area contributed by atoms with Gasteiger partial charge in [0.15, 0.2) is 0 Å². The van der Waals surface area contributed by atoms with Gasteiger partial charge in [-0.1, -0.05) is 11.8 Å². The van der Waals surface area contributed by atoms with Crippen LogP contribution < -0.4 is 5.32 Å². The number of hydrogen-bond acceptors (Lipinski definition) is 2. The Bertz CT molecular complexity index is 188. The van der Waals surface area contributed by atoms with Crippen LogP contribution in [0.5, 0.6) is 0 Å². The molecule has 1 atom stereocenters. The molecule has 0 saturated carbocycles. The van der Waals surface area contributed by atoms with Crippen molar-refractivity contribution in [1.29, 1.82) is 0 Å². The molecule has 68 valence electrons. The van der Waals surface area contributed by atoms with Gasteiger partial charge in [-0.3, -0.25) is 0 Å².